The molecule has 3 aromatic carbocycles. The molecule has 0 amide bonds. The summed E-state index contributed by atoms with van der Waals surface area (Å²) in [5.74, 6) is -0.0617. The SMILES string of the molecule is Cl.Cl.O=C(c1ccc(Nc2ccnc3ccccc23)cc1)c1ccc(N(CCO)CCO)cc1. The zero-order chi connectivity index (χ0) is 22.3. The molecule has 6 nitrogen and oxygen atoms in total. The van der Waals surface area contributed by atoms with E-state index in [9.17, 15) is 15.0 Å². The second kappa shape index (κ2) is 12.9. The van der Waals surface area contributed by atoms with Gasteiger partial charge in [-0.05, 0) is 60.7 Å². The maximum Gasteiger partial charge on any atom is 0.193 e. The zero-order valence-electron chi connectivity index (χ0n) is 18.4. The van der Waals surface area contributed by atoms with Crippen molar-refractivity contribution >= 4 is 58.6 Å². The number of rotatable bonds is 9. The monoisotopic (exact) mass is 499 g/mol. The Morgan fingerprint density at radius 3 is 2.00 bits per heavy atom. The van der Waals surface area contributed by atoms with Crippen molar-refractivity contribution in [2.45, 2.75) is 0 Å². The van der Waals surface area contributed by atoms with Crippen LogP contribution in [0.25, 0.3) is 10.9 Å². The lowest BCUT2D eigenvalue weighted by Gasteiger charge is -2.23. The lowest BCUT2D eigenvalue weighted by molar-refractivity contribution is 0.103. The number of aliphatic hydroxyl groups is 2. The molecule has 0 saturated heterocycles. The molecule has 0 spiro atoms. The first-order chi connectivity index (χ1) is 15.7. The topological polar surface area (TPSA) is 85.7 Å². The van der Waals surface area contributed by atoms with Gasteiger partial charge in [0.05, 0.1) is 18.7 Å². The van der Waals surface area contributed by atoms with E-state index in [1.165, 1.54) is 0 Å². The van der Waals surface area contributed by atoms with Crippen LogP contribution in [0.15, 0.2) is 85.1 Å². The normalized spacial score (nSPS) is 10.2. The van der Waals surface area contributed by atoms with Crippen molar-refractivity contribution in [1.29, 1.82) is 0 Å². The van der Waals surface area contributed by atoms with Crippen molar-refractivity contribution in [3.05, 3.63) is 96.2 Å². The molecule has 0 aliphatic heterocycles. The summed E-state index contributed by atoms with van der Waals surface area (Å²) in [5, 5.41) is 22.8. The van der Waals surface area contributed by atoms with Crippen LogP contribution >= 0.6 is 24.8 Å². The Balaban J connectivity index is 0.00000204. The summed E-state index contributed by atoms with van der Waals surface area (Å²) < 4.78 is 0. The Bertz CT molecular complexity index is 1190. The predicted molar refractivity (Wildman–Crippen MR) is 142 cm³/mol. The standard InChI is InChI=1S/C26H25N3O3.2ClH/c30-17-15-29(16-18-31)22-11-7-20(8-12-22)26(32)19-5-9-21(10-6-19)28-25-13-14-27-24-4-2-1-3-23(24)25;;/h1-14,30-31H,15-18H2,(H,27,28);2*1H. The van der Waals surface area contributed by atoms with Gasteiger partial charge in [-0.1, -0.05) is 18.2 Å². The van der Waals surface area contributed by atoms with Gasteiger partial charge >= 0.3 is 0 Å². The fourth-order valence-corrected chi connectivity index (χ4v) is 3.67. The first-order valence-corrected chi connectivity index (χ1v) is 10.5. The molecular weight excluding hydrogens is 473 g/mol. The highest BCUT2D eigenvalue weighted by atomic mass is 35.5. The van der Waals surface area contributed by atoms with E-state index >= 15 is 0 Å². The molecule has 0 bridgehead atoms. The van der Waals surface area contributed by atoms with Gasteiger partial charge in [0.25, 0.3) is 0 Å². The number of para-hydroxylation sites is 1. The van der Waals surface area contributed by atoms with E-state index in [-0.39, 0.29) is 43.8 Å². The van der Waals surface area contributed by atoms with Crippen molar-refractivity contribution < 1.29 is 15.0 Å². The predicted octanol–water partition coefficient (Wildman–Crippen LogP) is 4.84. The van der Waals surface area contributed by atoms with Gasteiger partial charge in [-0.2, -0.15) is 0 Å². The van der Waals surface area contributed by atoms with Crippen LogP contribution in [-0.2, 0) is 0 Å². The number of fused-ring (bicyclic) bond motifs is 1. The minimum absolute atomic E-state index is 0. The van der Waals surface area contributed by atoms with Crippen LogP contribution in [0.2, 0.25) is 0 Å². The third-order valence-electron chi connectivity index (χ3n) is 5.31. The molecule has 0 unspecified atom stereocenters. The van der Waals surface area contributed by atoms with Crippen LogP contribution < -0.4 is 10.2 Å². The summed E-state index contributed by atoms with van der Waals surface area (Å²) >= 11 is 0. The summed E-state index contributed by atoms with van der Waals surface area (Å²) in [6, 6.07) is 24.5. The average molecular weight is 500 g/mol. The Kier molecular flexibility index (Phi) is 10.3. The molecule has 0 fully saturated rings. The highest BCUT2D eigenvalue weighted by molar-refractivity contribution is 6.09. The van der Waals surface area contributed by atoms with E-state index in [0.717, 1.165) is 28.0 Å². The maximum absolute atomic E-state index is 12.9. The number of carbonyl (C=O) groups excluding carboxylic acids is 1. The number of anilines is 3. The van der Waals surface area contributed by atoms with E-state index in [1.54, 1.807) is 18.3 Å². The van der Waals surface area contributed by atoms with E-state index < -0.39 is 0 Å². The van der Waals surface area contributed by atoms with Crippen LogP contribution in [0.1, 0.15) is 15.9 Å². The number of nitrogens with zero attached hydrogens (tertiary/aromatic N) is 2. The van der Waals surface area contributed by atoms with Crippen LogP contribution in [0.4, 0.5) is 17.1 Å². The third kappa shape index (κ3) is 6.24. The Labute approximate surface area is 211 Å². The molecule has 4 aromatic rings. The van der Waals surface area contributed by atoms with Crippen molar-refractivity contribution in [2.75, 3.05) is 36.5 Å². The summed E-state index contributed by atoms with van der Waals surface area (Å²) in [7, 11) is 0. The van der Waals surface area contributed by atoms with Crippen LogP contribution in [-0.4, -0.2) is 47.3 Å². The van der Waals surface area contributed by atoms with Gasteiger partial charge in [0.2, 0.25) is 0 Å². The van der Waals surface area contributed by atoms with E-state index in [4.69, 9.17) is 0 Å². The van der Waals surface area contributed by atoms with Crippen molar-refractivity contribution in [2.24, 2.45) is 0 Å². The fraction of sp³-hybridized carbons (Fsp3) is 0.154. The molecule has 0 radical (unpaired) electrons. The second-order valence-electron chi connectivity index (χ2n) is 7.39. The van der Waals surface area contributed by atoms with Crippen LogP contribution in [0.3, 0.4) is 0 Å². The number of pyridine rings is 1. The number of hydrogen-bond acceptors (Lipinski definition) is 6. The molecule has 0 aliphatic carbocycles. The van der Waals surface area contributed by atoms with E-state index in [1.807, 2.05) is 71.6 Å². The minimum atomic E-state index is -0.0617. The Hall–Kier alpha value is -3.16. The summed E-state index contributed by atoms with van der Waals surface area (Å²) in [6.45, 7) is 0.844. The summed E-state index contributed by atoms with van der Waals surface area (Å²) in [6.07, 6.45) is 1.77. The number of ketones is 1. The number of halogens is 2. The highest BCUT2D eigenvalue weighted by Gasteiger charge is 2.11. The van der Waals surface area contributed by atoms with E-state index in [2.05, 4.69) is 10.3 Å². The molecule has 178 valence electrons. The van der Waals surface area contributed by atoms with Crippen LogP contribution in [0, 0.1) is 0 Å². The molecule has 4 rings (SSSR count). The summed E-state index contributed by atoms with van der Waals surface area (Å²) in [5.41, 5.74) is 4.81. The molecule has 1 heterocycles. The maximum atomic E-state index is 12.9. The number of carbonyl (C=O) groups is 1. The molecule has 0 saturated carbocycles. The molecular formula is C26H27Cl2N3O3. The lowest BCUT2D eigenvalue weighted by Crippen LogP contribution is -2.29. The van der Waals surface area contributed by atoms with Gasteiger partial charge in [-0.15, -0.1) is 24.8 Å². The average Bonchev–Trinajstić information content (AvgIpc) is 2.84. The first-order valence-electron chi connectivity index (χ1n) is 10.5. The quantitative estimate of drug-likeness (QED) is 0.285. The summed E-state index contributed by atoms with van der Waals surface area (Å²) in [4.78, 5) is 19.2. The Morgan fingerprint density at radius 2 is 1.38 bits per heavy atom. The Morgan fingerprint density at radius 1 is 0.794 bits per heavy atom. The van der Waals surface area contributed by atoms with Gasteiger partial charge in [-0.25, -0.2) is 0 Å². The molecule has 3 N–H and O–H groups in total. The highest BCUT2D eigenvalue weighted by Crippen LogP contribution is 2.25. The van der Waals surface area contributed by atoms with Crippen molar-refractivity contribution in [3.8, 4) is 0 Å². The van der Waals surface area contributed by atoms with Crippen molar-refractivity contribution in [1.82, 2.24) is 4.98 Å². The number of hydrogen-bond donors (Lipinski definition) is 3. The number of aromatic nitrogens is 1. The number of aliphatic hydroxyl groups excluding tert-OH is 2. The van der Waals surface area contributed by atoms with Gasteiger partial charge < -0.3 is 20.4 Å². The van der Waals surface area contributed by atoms with Crippen LogP contribution in [0.5, 0.6) is 0 Å². The van der Waals surface area contributed by atoms with Gasteiger partial charge in [0.15, 0.2) is 5.78 Å². The molecule has 1 aromatic heterocycles. The smallest absolute Gasteiger partial charge is 0.193 e. The molecule has 0 aliphatic rings. The molecule has 0 atom stereocenters. The fourth-order valence-electron chi connectivity index (χ4n) is 3.67. The second-order valence-corrected chi connectivity index (χ2v) is 7.39. The van der Waals surface area contributed by atoms with E-state index in [0.29, 0.717) is 24.2 Å². The minimum Gasteiger partial charge on any atom is -0.395 e. The molecule has 34 heavy (non-hydrogen) atoms. The van der Waals surface area contributed by atoms with Gasteiger partial charge in [0, 0.05) is 52.9 Å². The van der Waals surface area contributed by atoms with Gasteiger partial charge in [0.1, 0.15) is 0 Å². The first kappa shape index (κ1) is 27.1. The lowest BCUT2D eigenvalue weighted by atomic mass is 10.0. The molecule has 8 heteroatoms. The largest absolute Gasteiger partial charge is 0.395 e. The number of benzene rings is 3. The van der Waals surface area contributed by atoms with Gasteiger partial charge in [-0.3, -0.25) is 9.78 Å². The number of nitrogens with one attached hydrogen (secondary N) is 1. The zero-order valence-corrected chi connectivity index (χ0v) is 20.1. The third-order valence-corrected chi connectivity index (χ3v) is 5.31. The van der Waals surface area contributed by atoms with Crippen molar-refractivity contribution in [3.63, 3.8) is 0 Å².